The molecular weight excluding hydrogens is 482 g/mol. The lowest BCUT2D eigenvalue weighted by atomic mass is 9.94. The smallest absolute Gasteiger partial charge is 0.270 e. The molecule has 0 aliphatic carbocycles. The van der Waals surface area contributed by atoms with Gasteiger partial charge in [-0.15, -0.1) is 0 Å². The fourth-order valence-corrected chi connectivity index (χ4v) is 4.25. The van der Waals surface area contributed by atoms with Gasteiger partial charge < -0.3 is 15.5 Å². The molecule has 1 saturated heterocycles. The van der Waals surface area contributed by atoms with Crippen LogP contribution >= 0.6 is 27.5 Å². The molecule has 31 heavy (non-hydrogen) atoms. The number of rotatable bonds is 7. The van der Waals surface area contributed by atoms with E-state index < -0.39 is 0 Å². The van der Waals surface area contributed by atoms with E-state index in [0.29, 0.717) is 33.5 Å². The second kappa shape index (κ2) is 10.1. The van der Waals surface area contributed by atoms with Gasteiger partial charge >= 0.3 is 0 Å². The van der Waals surface area contributed by atoms with Crippen molar-refractivity contribution in [1.82, 2.24) is 25.5 Å². The number of benzene rings is 1. The minimum Gasteiger partial charge on any atom is -0.351 e. The van der Waals surface area contributed by atoms with Crippen LogP contribution < -0.4 is 15.5 Å². The van der Waals surface area contributed by atoms with E-state index in [9.17, 15) is 4.79 Å². The monoisotopic (exact) mass is 503 g/mol. The van der Waals surface area contributed by atoms with Gasteiger partial charge in [-0.3, -0.25) is 9.89 Å². The number of H-pyrrole nitrogens is 1. The number of piperidine rings is 1. The Kier molecular flexibility index (Phi) is 7.03. The van der Waals surface area contributed by atoms with E-state index in [2.05, 4.69) is 51.6 Å². The highest BCUT2D eigenvalue weighted by molar-refractivity contribution is 9.10. The van der Waals surface area contributed by atoms with Crippen molar-refractivity contribution in [3.8, 4) is 0 Å². The Morgan fingerprint density at radius 3 is 2.68 bits per heavy atom. The van der Waals surface area contributed by atoms with Crippen LogP contribution in [-0.4, -0.2) is 45.7 Å². The predicted molar refractivity (Wildman–Crippen MR) is 125 cm³/mol. The lowest BCUT2D eigenvalue weighted by molar-refractivity contribution is 0.0945. The average Bonchev–Trinajstić information content (AvgIpc) is 3.16. The number of aromatic amines is 1. The molecule has 0 spiro atoms. The van der Waals surface area contributed by atoms with Gasteiger partial charge in [0.2, 0.25) is 5.95 Å². The topological polar surface area (TPSA) is 98.8 Å². The first-order valence-electron chi connectivity index (χ1n) is 10.2. The summed E-state index contributed by atoms with van der Waals surface area (Å²) in [5.41, 5.74) is 1.10. The molecule has 1 aromatic carbocycles. The number of nitrogens with one attached hydrogen (secondary N) is 3. The third-order valence-corrected chi connectivity index (χ3v) is 6.45. The molecule has 0 radical (unpaired) electrons. The van der Waals surface area contributed by atoms with Gasteiger partial charge in [-0.05, 0) is 59.3 Å². The first-order valence-corrected chi connectivity index (χ1v) is 11.3. The summed E-state index contributed by atoms with van der Waals surface area (Å²) >= 11 is 9.63. The van der Waals surface area contributed by atoms with Gasteiger partial charge in [-0.25, -0.2) is 9.97 Å². The molecule has 1 amide bonds. The highest BCUT2D eigenvalue weighted by Gasteiger charge is 2.22. The second-order valence-electron chi connectivity index (χ2n) is 7.39. The molecule has 0 saturated carbocycles. The van der Waals surface area contributed by atoms with Crippen molar-refractivity contribution in [3.63, 3.8) is 0 Å². The lowest BCUT2D eigenvalue weighted by Crippen LogP contribution is -2.36. The molecule has 8 nitrogen and oxygen atoms in total. The normalized spacial score (nSPS) is 14.5. The molecule has 1 aliphatic rings. The number of para-hydroxylation sites is 1. The molecule has 3 aromatic rings. The number of halogens is 2. The number of anilines is 3. The maximum absolute atomic E-state index is 12.6. The Morgan fingerprint density at radius 2 is 1.94 bits per heavy atom. The van der Waals surface area contributed by atoms with Crippen molar-refractivity contribution >= 4 is 50.9 Å². The van der Waals surface area contributed by atoms with E-state index in [-0.39, 0.29) is 5.91 Å². The van der Waals surface area contributed by atoms with Crippen LogP contribution in [-0.2, 0) is 0 Å². The standard InChI is InChI=1S/C21H23BrClN7O/c22-17-18(28-29-19(17)27-16-5-2-1-4-15(16)23)20(31)24-11-6-14-7-12-30(13-8-14)21-25-9-3-10-26-21/h1-5,9-10,14H,6-8,11-13H2,(H,24,31)(H2,27,28,29). The number of hydrogen-bond donors (Lipinski definition) is 3. The number of carbonyl (C=O) groups excluding carboxylic acids is 1. The maximum atomic E-state index is 12.6. The summed E-state index contributed by atoms with van der Waals surface area (Å²) in [4.78, 5) is 23.4. The molecule has 3 heterocycles. The quantitative estimate of drug-likeness (QED) is 0.441. The van der Waals surface area contributed by atoms with Crippen LogP contribution in [0.3, 0.4) is 0 Å². The van der Waals surface area contributed by atoms with E-state index in [1.54, 1.807) is 18.5 Å². The molecule has 2 aromatic heterocycles. The summed E-state index contributed by atoms with van der Waals surface area (Å²) in [6.07, 6.45) is 6.60. The van der Waals surface area contributed by atoms with Crippen molar-refractivity contribution < 1.29 is 4.79 Å². The van der Waals surface area contributed by atoms with Crippen LogP contribution in [0.4, 0.5) is 17.5 Å². The van der Waals surface area contributed by atoms with Gasteiger partial charge in [0, 0.05) is 32.0 Å². The number of nitrogens with zero attached hydrogens (tertiary/aromatic N) is 4. The van der Waals surface area contributed by atoms with Crippen molar-refractivity contribution in [1.29, 1.82) is 0 Å². The van der Waals surface area contributed by atoms with E-state index in [0.717, 1.165) is 44.0 Å². The minimum atomic E-state index is -0.193. The Morgan fingerprint density at radius 1 is 1.19 bits per heavy atom. The molecule has 0 atom stereocenters. The second-order valence-corrected chi connectivity index (χ2v) is 8.59. The third kappa shape index (κ3) is 5.34. The van der Waals surface area contributed by atoms with Crippen molar-refractivity contribution in [3.05, 3.63) is 57.9 Å². The molecule has 10 heteroatoms. The zero-order valence-corrected chi connectivity index (χ0v) is 19.2. The molecule has 3 N–H and O–H groups in total. The summed E-state index contributed by atoms with van der Waals surface area (Å²) in [6.45, 7) is 2.49. The van der Waals surface area contributed by atoms with Gasteiger partial charge in [0.25, 0.3) is 5.91 Å². The number of amides is 1. The van der Waals surface area contributed by atoms with Crippen LogP contribution in [0, 0.1) is 5.92 Å². The van der Waals surface area contributed by atoms with Crippen LogP contribution in [0.25, 0.3) is 0 Å². The maximum Gasteiger partial charge on any atom is 0.270 e. The van der Waals surface area contributed by atoms with Crippen LogP contribution in [0.2, 0.25) is 5.02 Å². The van der Waals surface area contributed by atoms with Gasteiger partial charge in [-0.2, -0.15) is 5.10 Å². The van der Waals surface area contributed by atoms with Gasteiger partial charge in [0.15, 0.2) is 5.82 Å². The zero-order valence-electron chi connectivity index (χ0n) is 16.8. The molecule has 0 bridgehead atoms. The zero-order chi connectivity index (χ0) is 21.6. The first kappa shape index (κ1) is 21.6. The van der Waals surface area contributed by atoms with E-state index >= 15 is 0 Å². The fourth-order valence-electron chi connectivity index (χ4n) is 3.61. The average molecular weight is 505 g/mol. The van der Waals surface area contributed by atoms with E-state index in [4.69, 9.17) is 11.6 Å². The van der Waals surface area contributed by atoms with Crippen LogP contribution in [0.15, 0.2) is 47.2 Å². The van der Waals surface area contributed by atoms with Crippen LogP contribution in [0.5, 0.6) is 0 Å². The van der Waals surface area contributed by atoms with Gasteiger partial charge in [0.1, 0.15) is 5.69 Å². The molecule has 1 fully saturated rings. The number of hydrogen-bond acceptors (Lipinski definition) is 6. The lowest BCUT2D eigenvalue weighted by Gasteiger charge is -2.31. The molecular formula is C21H23BrClN7O. The Labute approximate surface area is 193 Å². The predicted octanol–water partition coefficient (Wildman–Crippen LogP) is 4.40. The number of carbonyl (C=O) groups is 1. The Hall–Kier alpha value is -2.65. The molecule has 4 rings (SSSR count). The highest BCUT2D eigenvalue weighted by Crippen LogP contribution is 2.30. The van der Waals surface area contributed by atoms with Gasteiger partial charge in [0.05, 0.1) is 15.2 Å². The summed E-state index contributed by atoms with van der Waals surface area (Å²) in [6, 6.07) is 9.19. The SMILES string of the molecule is O=C(NCCC1CCN(c2ncccn2)CC1)c1[nH]nc(Nc2ccccc2Cl)c1Br. The first-order chi connectivity index (χ1) is 15.1. The Balaban J connectivity index is 1.24. The van der Waals surface area contributed by atoms with E-state index in [1.165, 1.54) is 0 Å². The highest BCUT2D eigenvalue weighted by atomic mass is 79.9. The van der Waals surface area contributed by atoms with E-state index in [1.807, 2.05) is 24.3 Å². The third-order valence-electron chi connectivity index (χ3n) is 5.35. The molecule has 1 aliphatic heterocycles. The Bertz CT molecular complexity index is 1020. The summed E-state index contributed by atoms with van der Waals surface area (Å²) in [5.74, 6) is 1.68. The van der Waals surface area contributed by atoms with Gasteiger partial charge in [-0.1, -0.05) is 23.7 Å². The largest absolute Gasteiger partial charge is 0.351 e. The fraction of sp³-hybridized carbons (Fsp3) is 0.333. The van der Waals surface area contributed by atoms with Crippen LogP contribution in [0.1, 0.15) is 29.8 Å². The summed E-state index contributed by atoms with van der Waals surface area (Å²) in [7, 11) is 0. The minimum absolute atomic E-state index is 0.193. The van der Waals surface area contributed by atoms with Crippen molar-refractivity contribution in [2.24, 2.45) is 5.92 Å². The summed E-state index contributed by atoms with van der Waals surface area (Å²) < 4.78 is 0.570. The summed E-state index contributed by atoms with van der Waals surface area (Å²) in [5, 5.41) is 13.7. The molecule has 162 valence electrons. The number of aromatic nitrogens is 4. The molecule has 0 unspecified atom stereocenters. The van der Waals surface area contributed by atoms with Crippen molar-refractivity contribution in [2.45, 2.75) is 19.3 Å². The van der Waals surface area contributed by atoms with Crippen molar-refractivity contribution in [2.75, 3.05) is 29.9 Å².